The van der Waals surface area contributed by atoms with Crippen molar-refractivity contribution in [3.8, 4) is 55.9 Å². The van der Waals surface area contributed by atoms with Crippen LogP contribution in [0.3, 0.4) is 0 Å². The van der Waals surface area contributed by atoms with Crippen molar-refractivity contribution in [1.29, 1.82) is 0 Å². The van der Waals surface area contributed by atoms with Crippen molar-refractivity contribution in [1.82, 2.24) is 19.9 Å². The minimum atomic E-state index is 0.648. The molecule has 0 N–H and O–H groups in total. The normalized spacial score (nSPS) is 11.6. The highest BCUT2D eigenvalue weighted by Gasteiger charge is 2.18. The molecule has 0 aliphatic rings. The smallest absolute Gasteiger partial charge is 0.164 e. The molecule has 3 heterocycles. The van der Waals surface area contributed by atoms with E-state index in [9.17, 15) is 0 Å². The van der Waals surface area contributed by atoms with Crippen LogP contribution >= 0.6 is 22.7 Å². The van der Waals surface area contributed by atoms with Crippen molar-refractivity contribution in [3.05, 3.63) is 158 Å². The molecule has 6 heteroatoms. The van der Waals surface area contributed by atoms with Crippen LogP contribution in [0, 0.1) is 0 Å². The molecule has 0 amide bonds. The predicted octanol–water partition coefficient (Wildman–Crippen LogP) is 12.3. The van der Waals surface area contributed by atoms with Gasteiger partial charge in [0.05, 0.1) is 10.2 Å². The fraction of sp³-hybridized carbons (Fsp3) is 0. The third kappa shape index (κ3) is 5.05. The summed E-state index contributed by atoms with van der Waals surface area (Å²) in [5.41, 5.74) is 7.38. The minimum absolute atomic E-state index is 0.648. The molecule has 7 aromatic carbocycles. The number of hydrogen-bond acceptors (Lipinski definition) is 6. The second-order valence-electron chi connectivity index (χ2n) is 12.3. The van der Waals surface area contributed by atoms with Crippen molar-refractivity contribution in [2.45, 2.75) is 0 Å². The molecule has 0 atom stereocenters. The summed E-state index contributed by atoms with van der Waals surface area (Å²) >= 11 is 3.52. The first kappa shape index (κ1) is 28.9. The monoisotopic (exact) mass is 674 g/mol. The van der Waals surface area contributed by atoms with E-state index in [0.29, 0.717) is 17.5 Å². The molecular formula is C44H26N4S2. The van der Waals surface area contributed by atoms with Crippen LogP contribution in [0.5, 0.6) is 0 Å². The highest BCUT2D eigenvalue weighted by molar-refractivity contribution is 7.26. The Morgan fingerprint density at radius 1 is 0.360 bits per heavy atom. The lowest BCUT2D eigenvalue weighted by Gasteiger charge is -2.10. The Labute approximate surface area is 296 Å². The molecular weight excluding hydrogens is 649 g/mol. The third-order valence-corrected chi connectivity index (χ3v) is 11.3. The van der Waals surface area contributed by atoms with Gasteiger partial charge in [0, 0.05) is 42.4 Å². The number of fused-ring (bicyclic) bond motifs is 5. The van der Waals surface area contributed by atoms with Gasteiger partial charge in [0.1, 0.15) is 5.01 Å². The van der Waals surface area contributed by atoms with Crippen LogP contribution in [0.15, 0.2) is 158 Å². The maximum atomic E-state index is 5.14. The van der Waals surface area contributed by atoms with Crippen LogP contribution < -0.4 is 0 Å². The van der Waals surface area contributed by atoms with Crippen LogP contribution in [0.25, 0.3) is 97.0 Å². The number of aromatic nitrogens is 4. The number of benzene rings is 7. The van der Waals surface area contributed by atoms with Gasteiger partial charge in [-0.05, 0) is 46.2 Å². The molecule has 10 aromatic rings. The third-order valence-electron chi connectivity index (χ3n) is 9.16. The first-order chi connectivity index (χ1) is 24.7. The summed E-state index contributed by atoms with van der Waals surface area (Å²) in [4.78, 5) is 20.3. The largest absolute Gasteiger partial charge is 0.236 e. The lowest BCUT2D eigenvalue weighted by molar-refractivity contribution is 1.08. The van der Waals surface area contributed by atoms with Gasteiger partial charge < -0.3 is 0 Å². The molecule has 234 valence electrons. The van der Waals surface area contributed by atoms with Gasteiger partial charge >= 0.3 is 0 Å². The SMILES string of the molecule is c1ccc(-c2ccc(-c3nc(-c4ccccc4)nc(-c4cccc5sc6cc7nc(-c8ccc9ccccc9c8)sc7cc6c45)n3)cc2)cc1. The van der Waals surface area contributed by atoms with Gasteiger partial charge in [-0.25, -0.2) is 19.9 Å². The van der Waals surface area contributed by atoms with Crippen molar-refractivity contribution < 1.29 is 0 Å². The predicted molar refractivity (Wildman–Crippen MR) is 211 cm³/mol. The minimum Gasteiger partial charge on any atom is -0.236 e. The lowest BCUT2D eigenvalue weighted by atomic mass is 10.0. The van der Waals surface area contributed by atoms with Gasteiger partial charge in [-0.3, -0.25) is 0 Å². The molecule has 0 radical (unpaired) electrons. The fourth-order valence-electron chi connectivity index (χ4n) is 6.66. The van der Waals surface area contributed by atoms with E-state index in [1.807, 2.05) is 24.3 Å². The summed E-state index contributed by atoms with van der Waals surface area (Å²) in [7, 11) is 0. The van der Waals surface area contributed by atoms with Gasteiger partial charge in [0.25, 0.3) is 0 Å². The van der Waals surface area contributed by atoms with E-state index in [1.165, 1.54) is 31.1 Å². The van der Waals surface area contributed by atoms with E-state index in [4.69, 9.17) is 19.9 Å². The maximum absolute atomic E-state index is 5.14. The molecule has 0 fully saturated rings. The number of hydrogen-bond donors (Lipinski definition) is 0. The second-order valence-corrected chi connectivity index (χ2v) is 14.4. The quantitative estimate of drug-likeness (QED) is 0.182. The zero-order chi connectivity index (χ0) is 33.0. The van der Waals surface area contributed by atoms with E-state index in [-0.39, 0.29) is 0 Å². The molecule has 3 aromatic heterocycles. The second kappa shape index (κ2) is 11.8. The topological polar surface area (TPSA) is 51.6 Å². The van der Waals surface area contributed by atoms with Crippen molar-refractivity contribution in [2.24, 2.45) is 0 Å². The molecule has 0 saturated heterocycles. The van der Waals surface area contributed by atoms with Crippen molar-refractivity contribution in [2.75, 3.05) is 0 Å². The zero-order valence-electron chi connectivity index (χ0n) is 26.6. The molecule has 0 aliphatic carbocycles. The van der Waals surface area contributed by atoms with E-state index < -0.39 is 0 Å². The van der Waals surface area contributed by atoms with E-state index in [0.717, 1.165) is 48.4 Å². The Morgan fingerprint density at radius 3 is 1.76 bits per heavy atom. The maximum Gasteiger partial charge on any atom is 0.164 e. The average Bonchev–Trinajstić information content (AvgIpc) is 3.78. The van der Waals surface area contributed by atoms with Crippen LogP contribution in [-0.4, -0.2) is 19.9 Å². The van der Waals surface area contributed by atoms with Crippen LogP contribution in [-0.2, 0) is 0 Å². The highest BCUT2D eigenvalue weighted by Crippen LogP contribution is 2.43. The molecule has 10 rings (SSSR count). The number of rotatable bonds is 5. The first-order valence-corrected chi connectivity index (χ1v) is 18.1. The lowest BCUT2D eigenvalue weighted by Crippen LogP contribution is -2.00. The Bertz CT molecular complexity index is 2860. The van der Waals surface area contributed by atoms with Crippen LogP contribution in [0.2, 0.25) is 0 Å². The summed E-state index contributed by atoms with van der Waals surface area (Å²) in [5.74, 6) is 1.96. The first-order valence-electron chi connectivity index (χ1n) is 16.5. The van der Waals surface area contributed by atoms with Crippen molar-refractivity contribution >= 4 is 63.8 Å². The Balaban J connectivity index is 1.12. The zero-order valence-corrected chi connectivity index (χ0v) is 28.2. The van der Waals surface area contributed by atoms with E-state index >= 15 is 0 Å². The van der Waals surface area contributed by atoms with Crippen LogP contribution in [0.4, 0.5) is 0 Å². The fourth-order valence-corrected chi connectivity index (χ4v) is 8.79. The summed E-state index contributed by atoms with van der Waals surface area (Å²) in [5, 5.41) is 5.83. The van der Waals surface area contributed by atoms with Gasteiger partial charge in [0.15, 0.2) is 17.5 Å². The van der Waals surface area contributed by atoms with Gasteiger partial charge in [-0.2, -0.15) is 0 Å². The number of thiophene rings is 1. The van der Waals surface area contributed by atoms with Crippen LogP contribution in [0.1, 0.15) is 0 Å². The summed E-state index contributed by atoms with van der Waals surface area (Å²) in [6.07, 6.45) is 0. The molecule has 4 nitrogen and oxygen atoms in total. The van der Waals surface area contributed by atoms with E-state index in [1.54, 1.807) is 22.7 Å². The van der Waals surface area contributed by atoms with E-state index in [2.05, 4.69) is 133 Å². The molecule has 0 unspecified atom stereocenters. The number of nitrogens with zero attached hydrogens (tertiary/aromatic N) is 4. The Kier molecular flexibility index (Phi) is 6.82. The summed E-state index contributed by atoms with van der Waals surface area (Å²) < 4.78 is 3.56. The van der Waals surface area contributed by atoms with Gasteiger partial charge in [-0.1, -0.05) is 133 Å². The van der Waals surface area contributed by atoms with Crippen molar-refractivity contribution in [3.63, 3.8) is 0 Å². The molecule has 0 spiro atoms. The standard InChI is InChI=1S/C44H26N4S2/c1-3-10-27(11-4-1)29-18-21-31(22-19-29)42-46-41(30-13-5-2-6-14-30)47-43(48-42)34-16-9-17-37-40(34)35-25-39-36(26-38(35)49-37)45-44(50-39)33-23-20-28-12-7-8-15-32(28)24-33/h1-26H. The average molecular weight is 675 g/mol. The number of thiazole rings is 1. The summed E-state index contributed by atoms with van der Waals surface area (Å²) in [6.45, 7) is 0. The highest BCUT2D eigenvalue weighted by atomic mass is 32.1. The summed E-state index contributed by atoms with van der Waals surface area (Å²) in [6, 6.07) is 55.1. The molecule has 50 heavy (non-hydrogen) atoms. The Hall–Kier alpha value is -6.08. The molecule has 0 aliphatic heterocycles. The Morgan fingerprint density at radius 2 is 0.980 bits per heavy atom. The van der Waals surface area contributed by atoms with Gasteiger partial charge in [-0.15, -0.1) is 22.7 Å². The molecule has 0 saturated carbocycles. The molecule has 0 bridgehead atoms. The van der Waals surface area contributed by atoms with Gasteiger partial charge in [0.2, 0.25) is 0 Å².